The molecule has 2 aromatic rings. The van der Waals surface area contributed by atoms with Gasteiger partial charge in [-0.05, 0) is 67.5 Å². The molecule has 1 heterocycles. The normalized spacial score (nSPS) is 18.5. The maximum absolute atomic E-state index is 13.2. The fourth-order valence-corrected chi connectivity index (χ4v) is 4.36. The number of benzene rings is 2. The zero-order valence-corrected chi connectivity index (χ0v) is 16.0. The van der Waals surface area contributed by atoms with Crippen molar-refractivity contribution in [2.24, 2.45) is 0 Å². The summed E-state index contributed by atoms with van der Waals surface area (Å²) >= 11 is 0. The van der Waals surface area contributed by atoms with E-state index in [4.69, 9.17) is 4.74 Å². The molecule has 2 aliphatic rings. The average Bonchev–Trinajstić information content (AvgIpc) is 3.23. The third-order valence-electron chi connectivity index (χ3n) is 5.92. The Morgan fingerprint density at radius 3 is 2.14 bits per heavy atom. The maximum Gasteiger partial charge on any atom is 0.416 e. The highest BCUT2D eigenvalue weighted by molar-refractivity contribution is 5.62. The maximum atomic E-state index is 13.2. The molecule has 0 spiro atoms. The van der Waals surface area contributed by atoms with Crippen molar-refractivity contribution < 1.29 is 17.9 Å². The minimum atomic E-state index is -4.35. The Kier molecular flexibility index (Phi) is 5.51. The van der Waals surface area contributed by atoms with Crippen LogP contribution in [0.2, 0.25) is 0 Å². The summed E-state index contributed by atoms with van der Waals surface area (Å²) in [6.07, 6.45) is 3.99. The highest BCUT2D eigenvalue weighted by atomic mass is 19.4. The van der Waals surface area contributed by atoms with Gasteiger partial charge < -0.3 is 9.64 Å². The van der Waals surface area contributed by atoms with Crippen LogP contribution in [0, 0.1) is 0 Å². The van der Waals surface area contributed by atoms with E-state index in [1.54, 1.807) is 0 Å². The Balaban J connectivity index is 1.56. The summed E-state index contributed by atoms with van der Waals surface area (Å²) in [6, 6.07) is 11.9. The minimum absolute atomic E-state index is 0.486. The van der Waals surface area contributed by atoms with E-state index in [0.717, 1.165) is 32.0 Å². The van der Waals surface area contributed by atoms with E-state index in [1.165, 1.54) is 49.8 Å². The zero-order valence-electron chi connectivity index (χ0n) is 16.0. The molecule has 0 aromatic heterocycles. The molecular formula is C23H26F3NO. The lowest BCUT2D eigenvalue weighted by Crippen LogP contribution is -2.19. The molecule has 2 aromatic carbocycles. The monoisotopic (exact) mass is 389 g/mol. The molecule has 2 nitrogen and oxygen atoms in total. The van der Waals surface area contributed by atoms with E-state index in [0.29, 0.717) is 23.1 Å². The Morgan fingerprint density at radius 1 is 0.821 bits per heavy atom. The van der Waals surface area contributed by atoms with Gasteiger partial charge in [0.25, 0.3) is 0 Å². The van der Waals surface area contributed by atoms with Gasteiger partial charge in [0, 0.05) is 13.1 Å². The van der Waals surface area contributed by atoms with Crippen molar-refractivity contribution in [2.45, 2.75) is 57.0 Å². The van der Waals surface area contributed by atoms with Crippen LogP contribution in [-0.2, 0) is 6.18 Å². The van der Waals surface area contributed by atoms with Crippen molar-refractivity contribution in [3.05, 3.63) is 53.6 Å². The van der Waals surface area contributed by atoms with Crippen molar-refractivity contribution in [1.29, 1.82) is 0 Å². The summed E-state index contributed by atoms with van der Waals surface area (Å²) in [5.74, 6) is 1.77. The highest BCUT2D eigenvalue weighted by Gasteiger charge is 2.32. The number of alkyl halides is 3. The number of ether oxygens (including phenoxy) is 1. The van der Waals surface area contributed by atoms with Crippen molar-refractivity contribution >= 4 is 5.69 Å². The first-order chi connectivity index (χ1) is 13.5. The third-order valence-corrected chi connectivity index (χ3v) is 5.92. The number of anilines is 1. The SMILES string of the molecule is FC(F)(F)c1ccc(Oc2ccc(C3CCCCC3)cc2)c(N2CCCC2)c1. The largest absolute Gasteiger partial charge is 0.455 e. The van der Waals surface area contributed by atoms with Crippen LogP contribution in [0.4, 0.5) is 18.9 Å². The Bertz CT molecular complexity index is 788. The summed E-state index contributed by atoms with van der Waals surface area (Å²) in [4.78, 5) is 1.99. The summed E-state index contributed by atoms with van der Waals surface area (Å²) < 4.78 is 45.5. The molecule has 0 radical (unpaired) electrons. The second-order valence-corrected chi connectivity index (χ2v) is 7.88. The number of hydrogen-bond donors (Lipinski definition) is 0. The summed E-state index contributed by atoms with van der Waals surface area (Å²) in [7, 11) is 0. The van der Waals surface area contributed by atoms with Crippen molar-refractivity contribution in [2.75, 3.05) is 18.0 Å². The van der Waals surface area contributed by atoms with E-state index in [2.05, 4.69) is 12.1 Å². The predicted molar refractivity (Wildman–Crippen MR) is 105 cm³/mol. The molecule has 0 atom stereocenters. The molecule has 2 fully saturated rings. The molecule has 5 heteroatoms. The Morgan fingerprint density at radius 2 is 1.50 bits per heavy atom. The van der Waals surface area contributed by atoms with Gasteiger partial charge in [-0.15, -0.1) is 0 Å². The first-order valence-electron chi connectivity index (χ1n) is 10.2. The molecule has 0 unspecified atom stereocenters. The number of hydrogen-bond acceptors (Lipinski definition) is 2. The van der Waals surface area contributed by atoms with Gasteiger partial charge in [-0.2, -0.15) is 13.2 Å². The van der Waals surface area contributed by atoms with Crippen LogP contribution >= 0.6 is 0 Å². The summed E-state index contributed by atoms with van der Waals surface area (Å²) in [6.45, 7) is 1.52. The topological polar surface area (TPSA) is 12.5 Å². The van der Waals surface area contributed by atoms with Crippen LogP contribution in [0.15, 0.2) is 42.5 Å². The van der Waals surface area contributed by atoms with Crippen LogP contribution in [0.3, 0.4) is 0 Å². The minimum Gasteiger partial charge on any atom is -0.455 e. The molecule has 4 rings (SSSR count). The van der Waals surface area contributed by atoms with E-state index < -0.39 is 11.7 Å². The molecule has 0 N–H and O–H groups in total. The number of nitrogens with zero attached hydrogens (tertiary/aromatic N) is 1. The van der Waals surface area contributed by atoms with E-state index in [-0.39, 0.29) is 0 Å². The fourth-order valence-electron chi connectivity index (χ4n) is 4.36. The summed E-state index contributed by atoms with van der Waals surface area (Å²) in [5.41, 5.74) is 1.23. The number of rotatable bonds is 4. The lowest BCUT2D eigenvalue weighted by molar-refractivity contribution is -0.137. The van der Waals surface area contributed by atoms with Gasteiger partial charge in [0.05, 0.1) is 11.3 Å². The predicted octanol–water partition coefficient (Wildman–Crippen LogP) is 7.15. The third kappa shape index (κ3) is 4.29. The molecular weight excluding hydrogens is 363 g/mol. The molecule has 0 bridgehead atoms. The van der Waals surface area contributed by atoms with Gasteiger partial charge in [0.2, 0.25) is 0 Å². The van der Waals surface area contributed by atoms with E-state index in [9.17, 15) is 13.2 Å². The number of halogens is 3. The van der Waals surface area contributed by atoms with Crippen molar-refractivity contribution in [3.8, 4) is 11.5 Å². The first-order valence-corrected chi connectivity index (χ1v) is 10.2. The molecule has 1 aliphatic heterocycles. The fraction of sp³-hybridized carbons (Fsp3) is 0.478. The lowest BCUT2D eigenvalue weighted by Gasteiger charge is -2.23. The van der Waals surface area contributed by atoms with Gasteiger partial charge in [-0.3, -0.25) is 0 Å². The van der Waals surface area contributed by atoms with Gasteiger partial charge in [0.15, 0.2) is 5.75 Å². The lowest BCUT2D eigenvalue weighted by atomic mass is 9.84. The smallest absolute Gasteiger partial charge is 0.416 e. The quantitative estimate of drug-likeness (QED) is 0.551. The zero-order chi connectivity index (χ0) is 19.6. The van der Waals surface area contributed by atoms with Gasteiger partial charge in [0.1, 0.15) is 5.75 Å². The Hall–Kier alpha value is -2.17. The molecule has 150 valence electrons. The van der Waals surface area contributed by atoms with Crippen LogP contribution < -0.4 is 9.64 Å². The van der Waals surface area contributed by atoms with E-state index in [1.807, 2.05) is 17.0 Å². The summed E-state index contributed by atoms with van der Waals surface area (Å²) in [5, 5.41) is 0. The van der Waals surface area contributed by atoms with E-state index >= 15 is 0 Å². The van der Waals surface area contributed by atoms with Crippen molar-refractivity contribution in [3.63, 3.8) is 0 Å². The standard InChI is InChI=1S/C23H26F3NO/c24-23(25,26)19-10-13-22(21(16-19)27-14-4-5-15-27)28-20-11-8-18(9-12-20)17-6-2-1-3-7-17/h8-13,16-17H,1-7,14-15H2. The van der Waals surface area contributed by atoms with Crippen LogP contribution in [-0.4, -0.2) is 13.1 Å². The molecule has 28 heavy (non-hydrogen) atoms. The molecule has 1 saturated heterocycles. The van der Waals surface area contributed by atoms with Crippen LogP contribution in [0.1, 0.15) is 62.0 Å². The molecule has 1 saturated carbocycles. The van der Waals surface area contributed by atoms with Crippen molar-refractivity contribution in [1.82, 2.24) is 0 Å². The van der Waals surface area contributed by atoms with Gasteiger partial charge in [-0.25, -0.2) is 0 Å². The second kappa shape index (κ2) is 8.06. The first kappa shape index (κ1) is 19.2. The average molecular weight is 389 g/mol. The highest BCUT2D eigenvalue weighted by Crippen LogP contribution is 2.40. The van der Waals surface area contributed by atoms with Gasteiger partial charge >= 0.3 is 6.18 Å². The Labute approximate surface area is 164 Å². The molecule has 1 aliphatic carbocycles. The second-order valence-electron chi connectivity index (χ2n) is 7.88. The van der Waals surface area contributed by atoms with Crippen LogP contribution in [0.25, 0.3) is 0 Å². The van der Waals surface area contributed by atoms with Crippen LogP contribution in [0.5, 0.6) is 11.5 Å². The van der Waals surface area contributed by atoms with Gasteiger partial charge in [-0.1, -0.05) is 31.4 Å². The molecule has 0 amide bonds.